The zero-order valence-corrected chi connectivity index (χ0v) is 13.2. The molecule has 1 fully saturated rings. The van der Waals surface area contributed by atoms with Crippen molar-refractivity contribution in [2.75, 3.05) is 7.11 Å². The van der Waals surface area contributed by atoms with Gasteiger partial charge in [-0.1, -0.05) is 44.0 Å². The molecule has 0 saturated heterocycles. The molecule has 1 aliphatic carbocycles. The summed E-state index contributed by atoms with van der Waals surface area (Å²) < 4.78 is 4.77. The van der Waals surface area contributed by atoms with E-state index in [0.29, 0.717) is 12.5 Å². The molecule has 1 aromatic carbocycles. The highest BCUT2D eigenvalue weighted by atomic mass is 16.5. The Labute approximate surface area is 128 Å². The third-order valence-electron chi connectivity index (χ3n) is 4.52. The van der Waals surface area contributed by atoms with Gasteiger partial charge in [0.05, 0.1) is 13.5 Å². The molecule has 1 aromatic rings. The maximum Gasteiger partial charge on any atom is 0.309 e. The second-order valence-corrected chi connectivity index (χ2v) is 6.21. The van der Waals surface area contributed by atoms with Crippen LogP contribution >= 0.6 is 0 Å². The van der Waals surface area contributed by atoms with Crippen molar-refractivity contribution in [3.63, 3.8) is 0 Å². The van der Waals surface area contributed by atoms with Gasteiger partial charge in [0.25, 0.3) is 0 Å². The molecule has 0 radical (unpaired) electrons. The third kappa shape index (κ3) is 5.16. The fourth-order valence-electron chi connectivity index (χ4n) is 3.08. The van der Waals surface area contributed by atoms with Crippen LogP contribution in [0.15, 0.2) is 24.3 Å². The summed E-state index contributed by atoms with van der Waals surface area (Å²) in [6.45, 7) is 3.19. The van der Waals surface area contributed by atoms with E-state index in [2.05, 4.69) is 18.3 Å². The molecular weight excluding hydrogens is 262 g/mol. The van der Waals surface area contributed by atoms with Crippen LogP contribution in [0.2, 0.25) is 0 Å². The Balaban J connectivity index is 1.91. The average molecular weight is 289 g/mol. The fourth-order valence-corrected chi connectivity index (χ4v) is 3.08. The van der Waals surface area contributed by atoms with Crippen molar-refractivity contribution in [3.05, 3.63) is 35.4 Å². The van der Waals surface area contributed by atoms with Crippen molar-refractivity contribution in [1.82, 2.24) is 5.32 Å². The molecule has 0 aliphatic heterocycles. The van der Waals surface area contributed by atoms with Crippen LogP contribution < -0.4 is 5.32 Å². The molecule has 3 nitrogen and oxygen atoms in total. The van der Waals surface area contributed by atoms with Gasteiger partial charge < -0.3 is 10.1 Å². The van der Waals surface area contributed by atoms with Gasteiger partial charge in [0, 0.05) is 12.6 Å². The van der Waals surface area contributed by atoms with Gasteiger partial charge in [0.1, 0.15) is 0 Å². The van der Waals surface area contributed by atoms with Crippen molar-refractivity contribution in [2.45, 2.75) is 58.0 Å². The van der Waals surface area contributed by atoms with Crippen LogP contribution in [0.5, 0.6) is 0 Å². The number of carbonyl (C=O) groups is 1. The van der Waals surface area contributed by atoms with Gasteiger partial charge >= 0.3 is 5.97 Å². The van der Waals surface area contributed by atoms with E-state index >= 15 is 0 Å². The Bertz CT molecular complexity index is 458. The van der Waals surface area contributed by atoms with Gasteiger partial charge in [-0.05, 0) is 36.3 Å². The summed E-state index contributed by atoms with van der Waals surface area (Å²) in [7, 11) is 1.44. The van der Waals surface area contributed by atoms with E-state index in [0.717, 1.165) is 18.0 Å². The second-order valence-electron chi connectivity index (χ2n) is 6.21. The maximum atomic E-state index is 11.5. The first-order valence-electron chi connectivity index (χ1n) is 8.06. The van der Waals surface area contributed by atoms with Crippen molar-refractivity contribution in [3.8, 4) is 0 Å². The highest BCUT2D eigenvalue weighted by Gasteiger charge is 2.16. The standard InChI is InChI=1S/C18H27NO2/c1-14-6-5-9-17(11-10-14)19-13-16-8-4-3-7-15(16)12-18(20)21-2/h3-4,7-8,14,17,19H,5-6,9-13H2,1-2H3. The van der Waals surface area contributed by atoms with Crippen LogP contribution in [0.1, 0.15) is 50.2 Å². The van der Waals surface area contributed by atoms with E-state index in [-0.39, 0.29) is 5.97 Å². The van der Waals surface area contributed by atoms with Crippen LogP contribution in [-0.2, 0) is 22.5 Å². The van der Waals surface area contributed by atoms with Crippen LogP contribution in [0.3, 0.4) is 0 Å². The molecule has 0 amide bonds. The lowest BCUT2D eigenvalue weighted by Crippen LogP contribution is -2.28. The topological polar surface area (TPSA) is 38.3 Å². The molecule has 0 aromatic heterocycles. The zero-order chi connectivity index (χ0) is 15.1. The SMILES string of the molecule is COC(=O)Cc1ccccc1CNC1CCCC(C)CC1. The van der Waals surface area contributed by atoms with Crippen molar-refractivity contribution in [1.29, 1.82) is 0 Å². The number of esters is 1. The van der Waals surface area contributed by atoms with Crippen molar-refractivity contribution < 1.29 is 9.53 Å². The average Bonchev–Trinajstić information content (AvgIpc) is 2.71. The Morgan fingerprint density at radius 1 is 1.19 bits per heavy atom. The Kier molecular flexibility index (Phi) is 6.24. The summed E-state index contributed by atoms with van der Waals surface area (Å²) >= 11 is 0. The molecule has 1 N–H and O–H groups in total. The van der Waals surface area contributed by atoms with E-state index < -0.39 is 0 Å². The molecule has 0 spiro atoms. The molecule has 0 heterocycles. The summed E-state index contributed by atoms with van der Waals surface area (Å²) in [5.41, 5.74) is 2.28. The van der Waals surface area contributed by atoms with Crippen molar-refractivity contribution in [2.24, 2.45) is 5.92 Å². The van der Waals surface area contributed by atoms with Gasteiger partial charge in [-0.25, -0.2) is 0 Å². The predicted molar refractivity (Wildman–Crippen MR) is 85.0 cm³/mol. The lowest BCUT2D eigenvalue weighted by Gasteiger charge is -2.18. The van der Waals surface area contributed by atoms with E-state index in [9.17, 15) is 4.79 Å². The molecule has 21 heavy (non-hydrogen) atoms. The monoisotopic (exact) mass is 289 g/mol. The normalized spacial score (nSPS) is 22.6. The molecule has 2 rings (SSSR count). The van der Waals surface area contributed by atoms with E-state index in [1.807, 2.05) is 18.2 Å². The van der Waals surface area contributed by atoms with Gasteiger partial charge in [0.2, 0.25) is 0 Å². The smallest absolute Gasteiger partial charge is 0.309 e. The van der Waals surface area contributed by atoms with Crippen LogP contribution in [0.25, 0.3) is 0 Å². The van der Waals surface area contributed by atoms with Gasteiger partial charge in [0.15, 0.2) is 0 Å². The lowest BCUT2D eigenvalue weighted by atomic mass is 10.0. The maximum absolute atomic E-state index is 11.5. The first-order valence-corrected chi connectivity index (χ1v) is 8.06. The number of hydrogen-bond acceptors (Lipinski definition) is 3. The number of methoxy groups -OCH3 is 1. The van der Waals surface area contributed by atoms with Gasteiger partial charge in [-0.15, -0.1) is 0 Å². The number of carbonyl (C=O) groups excluding carboxylic acids is 1. The highest BCUT2D eigenvalue weighted by molar-refractivity contribution is 5.72. The summed E-state index contributed by atoms with van der Waals surface area (Å²) in [6, 6.07) is 8.75. The van der Waals surface area contributed by atoms with Gasteiger partial charge in [-0.2, -0.15) is 0 Å². The van der Waals surface area contributed by atoms with Crippen molar-refractivity contribution >= 4 is 5.97 Å². The third-order valence-corrected chi connectivity index (χ3v) is 4.52. The van der Waals surface area contributed by atoms with Crippen LogP contribution in [0, 0.1) is 5.92 Å². The largest absolute Gasteiger partial charge is 0.469 e. The quantitative estimate of drug-likeness (QED) is 0.666. The first kappa shape index (κ1) is 16.0. The Hall–Kier alpha value is -1.35. The number of rotatable bonds is 5. The van der Waals surface area contributed by atoms with Gasteiger partial charge in [-0.3, -0.25) is 4.79 Å². The summed E-state index contributed by atoms with van der Waals surface area (Å²) in [6.07, 6.45) is 6.89. The predicted octanol–water partition coefficient (Wildman–Crippen LogP) is 3.46. The Morgan fingerprint density at radius 2 is 1.95 bits per heavy atom. The van der Waals surface area contributed by atoms with Crippen LogP contribution in [-0.4, -0.2) is 19.1 Å². The second kappa shape index (κ2) is 8.18. The Morgan fingerprint density at radius 3 is 2.71 bits per heavy atom. The molecule has 0 bridgehead atoms. The van der Waals surface area contributed by atoms with E-state index in [4.69, 9.17) is 4.74 Å². The van der Waals surface area contributed by atoms with Crippen LogP contribution in [0.4, 0.5) is 0 Å². The minimum atomic E-state index is -0.175. The molecule has 2 atom stereocenters. The number of ether oxygens (including phenoxy) is 1. The minimum absolute atomic E-state index is 0.175. The number of benzene rings is 1. The summed E-state index contributed by atoms with van der Waals surface area (Å²) in [5.74, 6) is 0.689. The molecular formula is C18H27NO2. The summed E-state index contributed by atoms with van der Waals surface area (Å²) in [4.78, 5) is 11.5. The fraction of sp³-hybridized carbons (Fsp3) is 0.611. The first-order chi connectivity index (χ1) is 10.2. The summed E-state index contributed by atoms with van der Waals surface area (Å²) in [5, 5.41) is 3.68. The van der Waals surface area contributed by atoms with E-state index in [1.54, 1.807) is 0 Å². The lowest BCUT2D eigenvalue weighted by molar-refractivity contribution is -0.139. The number of hydrogen-bond donors (Lipinski definition) is 1. The zero-order valence-electron chi connectivity index (χ0n) is 13.2. The molecule has 3 heteroatoms. The minimum Gasteiger partial charge on any atom is -0.469 e. The molecule has 2 unspecified atom stereocenters. The molecule has 1 saturated carbocycles. The number of nitrogens with one attached hydrogen (secondary N) is 1. The highest BCUT2D eigenvalue weighted by Crippen LogP contribution is 2.23. The van der Waals surface area contributed by atoms with E-state index in [1.165, 1.54) is 44.8 Å². The molecule has 116 valence electrons. The molecule has 1 aliphatic rings.